The molecule has 0 amide bonds. The summed E-state index contributed by atoms with van der Waals surface area (Å²) in [5, 5.41) is 0. The van der Waals surface area contributed by atoms with E-state index in [4.69, 9.17) is 10.7 Å². The Morgan fingerprint density at radius 1 is 1.50 bits per heavy atom. The van der Waals surface area contributed by atoms with Gasteiger partial charge in [0.05, 0.1) is 11.4 Å². The van der Waals surface area contributed by atoms with Crippen LogP contribution in [-0.4, -0.2) is 18.4 Å². The van der Waals surface area contributed by atoms with Crippen molar-refractivity contribution in [2.45, 2.75) is 12.7 Å². The lowest BCUT2D eigenvalue weighted by atomic mass is 10.4. The lowest BCUT2D eigenvalue weighted by molar-refractivity contribution is 0.608. The summed E-state index contributed by atoms with van der Waals surface area (Å²) in [5.74, 6) is -0.275. The van der Waals surface area contributed by atoms with Gasteiger partial charge in [-0.15, -0.1) is 0 Å². The van der Waals surface area contributed by atoms with Gasteiger partial charge in [-0.3, -0.25) is 9.97 Å². The van der Waals surface area contributed by atoms with Crippen molar-refractivity contribution in [2.75, 3.05) is 0 Å². The molecule has 0 aliphatic heterocycles. The van der Waals surface area contributed by atoms with E-state index >= 15 is 0 Å². The lowest BCUT2D eigenvalue weighted by Crippen LogP contribution is -1.99. The highest BCUT2D eigenvalue weighted by Gasteiger charge is 2.08. The van der Waals surface area contributed by atoms with Gasteiger partial charge in [0.25, 0.3) is 0 Å². The Hall–Kier alpha value is -0.680. The zero-order valence-electron chi connectivity index (χ0n) is 6.36. The van der Waals surface area contributed by atoms with E-state index < -0.39 is 9.05 Å². The Balaban J connectivity index is 2.91. The third kappa shape index (κ3) is 3.15. The summed E-state index contributed by atoms with van der Waals surface area (Å²) in [5.41, 5.74) is 1.04. The van der Waals surface area contributed by atoms with Crippen LogP contribution in [0.3, 0.4) is 0 Å². The van der Waals surface area contributed by atoms with Crippen molar-refractivity contribution in [1.82, 2.24) is 9.97 Å². The first-order valence-electron chi connectivity index (χ1n) is 3.17. The van der Waals surface area contributed by atoms with E-state index in [0.717, 1.165) is 0 Å². The van der Waals surface area contributed by atoms with Crippen LogP contribution in [0.25, 0.3) is 0 Å². The van der Waals surface area contributed by atoms with Crippen LogP contribution in [0.5, 0.6) is 0 Å². The first-order valence-corrected chi connectivity index (χ1v) is 5.65. The van der Waals surface area contributed by atoms with E-state index in [9.17, 15) is 8.42 Å². The highest BCUT2D eigenvalue weighted by Crippen LogP contribution is 2.05. The van der Waals surface area contributed by atoms with Gasteiger partial charge in [-0.2, -0.15) is 0 Å². The maximum absolute atomic E-state index is 10.6. The molecule has 0 aliphatic rings. The topological polar surface area (TPSA) is 59.9 Å². The van der Waals surface area contributed by atoms with Crippen molar-refractivity contribution in [3.05, 3.63) is 23.8 Å². The summed E-state index contributed by atoms with van der Waals surface area (Å²) < 4.78 is 21.2. The molecule has 66 valence electrons. The second-order valence-electron chi connectivity index (χ2n) is 2.33. The Morgan fingerprint density at radius 2 is 2.17 bits per heavy atom. The van der Waals surface area contributed by atoms with Crippen molar-refractivity contribution in [3.63, 3.8) is 0 Å². The van der Waals surface area contributed by atoms with E-state index in [1.165, 1.54) is 6.20 Å². The van der Waals surface area contributed by atoms with Gasteiger partial charge < -0.3 is 0 Å². The molecule has 0 aliphatic carbocycles. The number of hydrogen-bond acceptors (Lipinski definition) is 4. The van der Waals surface area contributed by atoms with Gasteiger partial charge >= 0.3 is 0 Å². The van der Waals surface area contributed by atoms with Crippen LogP contribution >= 0.6 is 10.7 Å². The first kappa shape index (κ1) is 9.41. The molecule has 0 atom stereocenters. The lowest BCUT2D eigenvalue weighted by Gasteiger charge is -1.96. The predicted molar refractivity (Wildman–Crippen MR) is 45.2 cm³/mol. The Labute approximate surface area is 75.0 Å². The predicted octanol–water partition coefficient (Wildman–Crippen LogP) is 0.854. The standard InChI is InChI=1S/C6H7ClN2O2S/c1-5-2-8-3-6(9-5)4-12(7,10)11/h2-3H,4H2,1H3. The largest absolute Gasteiger partial charge is 0.261 e. The zero-order valence-corrected chi connectivity index (χ0v) is 7.93. The average molecular weight is 207 g/mol. The maximum Gasteiger partial charge on any atom is 0.238 e. The third-order valence-corrected chi connectivity index (χ3v) is 2.09. The van der Waals surface area contributed by atoms with Gasteiger partial charge in [0.2, 0.25) is 9.05 Å². The maximum atomic E-state index is 10.6. The van der Waals surface area contributed by atoms with Gasteiger partial charge in [-0.05, 0) is 6.92 Å². The molecule has 1 heterocycles. The SMILES string of the molecule is Cc1cncc(CS(=O)(=O)Cl)n1. The molecule has 4 nitrogen and oxygen atoms in total. The number of nitrogens with zero attached hydrogens (tertiary/aromatic N) is 2. The fraction of sp³-hybridized carbons (Fsp3) is 0.333. The van der Waals surface area contributed by atoms with Gasteiger partial charge in [0.1, 0.15) is 5.75 Å². The number of hydrogen-bond donors (Lipinski definition) is 0. The van der Waals surface area contributed by atoms with Gasteiger partial charge in [-0.1, -0.05) is 0 Å². The molecule has 0 saturated carbocycles. The average Bonchev–Trinajstić information content (AvgIpc) is 1.82. The number of halogens is 1. The number of rotatable bonds is 2. The minimum absolute atomic E-state index is 0.275. The highest BCUT2D eigenvalue weighted by molar-refractivity contribution is 8.13. The molecule has 0 bridgehead atoms. The Bertz CT molecular complexity index is 377. The quantitative estimate of drug-likeness (QED) is 0.674. The van der Waals surface area contributed by atoms with Crippen LogP contribution in [0.1, 0.15) is 11.4 Å². The molecule has 1 aromatic rings. The van der Waals surface area contributed by atoms with Crippen LogP contribution in [0.4, 0.5) is 0 Å². The van der Waals surface area contributed by atoms with Crippen molar-refractivity contribution in [2.24, 2.45) is 0 Å². The fourth-order valence-electron chi connectivity index (χ4n) is 0.762. The molecule has 0 saturated heterocycles. The summed E-state index contributed by atoms with van der Waals surface area (Å²) in [6.45, 7) is 1.73. The molecule has 1 aromatic heterocycles. The summed E-state index contributed by atoms with van der Waals surface area (Å²) in [4.78, 5) is 7.72. The molecule has 0 unspecified atom stereocenters. The van der Waals surface area contributed by atoms with E-state index in [0.29, 0.717) is 11.4 Å². The van der Waals surface area contributed by atoms with Crippen LogP contribution < -0.4 is 0 Å². The van der Waals surface area contributed by atoms with Gasteiger partial charge in [0, 0.05) is 23.1 Å². The minimum Gasteiger partial charge on any atom is -0.261 e. The summed E-state index contributed by atoms with van der Waals surface area (Å²) in [6.07, 6.45) is 2.93. The zero-order chi connectivity index (χ0) is 9.19. The third-order valence-electron chi connectivity index (χ3n) is 1.13. The highest BCUT2D eigenvalue weighted by atomic mass is 35.7. The smallest absolute Gasteiger partial charge is 0.238 e. The van der Waals surface area contributed by atoms with Gasteiger partial charge in [-0.25, -0.2) is 8.42 Å². The van der Waals surface area contributed by atoms with E-state index in [2.05, 4.69) is 9.97 Å². The first-order chi connectivity index (χ1) is 5.47. The van der Waals surface area contributed by atoms with E-state index in [1.54, 1.807) is 13.1 Å². The molecule has 6 heteroatoms. The molecule has 0 aromatic carbocycles. The van der Waals surface area contributed by atoms with Crippen LogP contribution in [0.2, 0.25) is 0 Å². The molecular weight excluding hydrogens is 200 g/mol. The van der Waals surface area contributed by atoms with Crippen LogP contribution in [0.15, 0.2) is 12.4 Å². The number of aryl methyl sites for hydroxylation is 1. The molecule has 0 radical (unpaired) electrons. The molecule has 0 fully saturated rings. The van der Waals surface area contributed by atoms with Crippen LogP contribution in [0, 0.1) is 6.92 Å². The van der Waals surface area contributed by atoms with Crippen molar-refractivity contribution in [1.29, 1.82) is 0 Å². The Morgan fingerprint density at radius 3 is 2.67 bits per heavy atom. The second kappa shape index (κ2) is 3.37. The van der Waals surface area contributed by atoms with Crippen molar-refractivity contribution >= 4 is 19.7 Å². The second-order valence-corrected chi connectivity index (χ2v) is 5.11. The molecule has 0 N–H and O–H groups in total. The van der Waals surface area contributed by atoms with Crippen molar-refractivity contribution < 1.29 is 8.42 Å². The normalized spacial score (nSPS) is 11.5. The summed E-state index contributed by atoms with van der Waals surface area (Å²) in [7, 11) is 1.50. The number of aromatic nitrogens is 2. The minimum atomic E-state index is -3.52. The molecule has 1 rings (SSSR count). The molecule has 0 spiro atoms. The van der Waals surface area contributed by atoms with Crippen molar-refractivity contribution in [3.8, 4) is 0 Å². The fourth-order valence-corrected chi connectivity index (χ4v) is 1.59. The van der Waals surface area contributed by atoms with Gasteiger partial charge in [0.15, 0.2) is 0 Å². The molecular formula is C6H7ClN2O2S. The van der Waals surface area contributed by atoms with Crippen LogP contribution in [-0.2, 0) is 14.8 Å². The Kier molecular flexibility index (Phi) is 2.64. The monoisotopic (exact) mass is 206 g/mol. The summed E-state index contributed by atoms with van der Waals surface area (Å²) >= 11 is 0. The molecule has 12 heavy (non-hydrogen) atoms. The van der Waals surface area contributed by atoms with E-state index in [1.807, 2.05) is 0 Å². The summed E-state index contributed by atoms with van der Waals surface area (Å²) in [6, 6.07) is 0. The van der Waals surface area contributed by atoms with E-state index in [-0.39, 0.29) is 5.75 Å².